The Morgan fingerprint density at radius 2 is 2.14 bits per heavy atom. The van der Waals surface area contributed by atoms with E-state index in [0.29, 0.717) is 52.6 Å². The number of anilines is 1. The summed E-state index contributed by atoms with van der Waals surface area (Å²) in [5.41, 5.74) is 1.33. The van der Waals surface area contributed by atoms with Gasteiger partial charge in [0, 0.05) is 24.2 Å². The fraction of sp³-hybridized carbons (Fsp3) is 0.417. The van der Waals surface area contributed by atoms with Crippen molar-refractivity contribution in [3.05, 3.63) is 47.8 Å². The number of hydrogen-bond donors (Lipinski definition) is 5. The average molecular weight is 517 g/mol. The Kier molecular flexibility index (Phi) is 7.19. The van der Waals surface area contributed by atoms with E-state index in [1.54, 1.807) is 28.8 Å². The van der Waals surface area contributed by atoms with Gasteiger partial charge in [0.05, 0.1) is 52.1 Å². The molecule has 3 aromatic rings. The summed E-state index contributed by atoms with van der Waals surface area (Å²) in [6, 6.07) is 9.05. The molecule has 3 aromatic heterocycles. The average Bonchev–Trinajstić information content (AvgIpc) is 3.41. The lowest BCUT2D eigenvalue weighted by atomic mass is 10.0. The van der Waals surface area contributed by atoms with Gasteiger partial charge in [0.1, 0.15) is 12.2 Å². The van der Waals surface area contributed by atoms with E-state index < -0.39 is 28.3 Å². The van der Waals surface area contributed by atoms with Crippen LogP contribution in [-0.4, -0.2) is 71.1 Å². The van der Waals surface area contributed by atoms with Gasteiger partial charge in [-0.25, -0.2) is 8.91 Å². The van der Waals surface area contributed by atoms with Crippen molar-refractivity contribution in [2.24, 2.45) is 5.92 Å². The van der Waals surface area contributed by atoms with E-state index in [2.05, 4.69) is 26.8 Å². The van der Waals surface area contributed by atoms with Crippen molar-refractivity contribution in [3.63, 3.8) is 0 Å². The smallest absolute Gasteiger partial charge is 0.255 e. The minimum Gasteiger partial charge on any atom is -0.387 e. The number of nitrogens with zero attached hydrogens (tertiary/aromatic N) is 4. The van der Waals surface area contributed by atoms with Gasteiger partial charge in [-0.3, -0.25) is 18.9 Å². The van der Waals surface area contributed by atoms with Gasteiger partial charge in [0.2, 0.25) is 0 Å². The molecule has 4 heterocycles. The lowest BCUT2D eigenvalue weighted by Gasteiger charge is -2.26. The molecule has 1 amide bonds. The Bertz CT molecular complexity index is 1320. The molecular weight excluding hydrogens is 487 g/mol. The number of aliphatic hydroxyl groups is 1. The summed E-state index contributed by atoms with van der Waals surface area (Å²) in [6.07, 6.45) is 1.82. The van der Waals surface area contributed by atoms with Gasteiger partial charge < -0.3 is 15.7 Å². The van der Waals surface area contributed by atoms with E-state index in [1.165, 1.54) is 26.2 Å². The van der Waals surface area contributed by atoms with Gasteiger partial charge >= 0.3 is 0 Å². The summed E-state index contributed by atoms with van der Waals surface area (Å²) >= 11 is 0. The quantitative estimate of drug-likeness (QED) is 0.305. The molecule has 1 fully saturated rings. The Balaban J connectivity index is 1.62. The number of carbonyl (C=O) groups excluding carboxylic acids is 1. The second-order valence-electron chi connectivity index (χ2n) is 9.57. The maximum Gasteiger partial charge on any atom is 0.255 e. The number of aromatic nitrogens is 3. The molecule has 0 aromatic carbocycles. The molecule has 0 aliphatic carbocycles. The largest absolute Gasteiger partial charge is 0.387 e. The molecule has 2 unspecified atom stereocenters. The first-order chi connectivity index (χ1) is 17.0. The van der Waals surface area contributed by atoms with Gasteiger partial charge in [-0.15, -0.1) is 0 Å². The van der Waals surface area contributed by atoms with Gasteiger partial charge in [-0.1, -0.05) is 0 Å². The topological polar surface area (TPSA) is 156 Å². The molecule has 36 heavy (non-hydrogen) atoms. The van der Waals surface area contributed by atoms with E-state index in [0.717, 1.165) is 0 Å². The Morgan fingerprint density at radius 1 is 1.36 bits per heavy atom. The van der Waals surface area contributed by atoms with Crippen LogP contribution in [-0.2, 0) is 0 Å². The van der Waals surface area contributed by atoms with Crippen LogP contribution >= 0.6 is 10.6 Å². The molecule has 0 radical (unpaired) electrons. The highest BCUT2D eigenvalue weighted by Crippen LogP contribution is 2.48. The van der Waals surface area contributed by atoms with Gasteiger partial charge in [0.25, 0.3) is 5.91 Å². The number of halogens is 1. The fourth-order valence-corrected chi connectivity index (χ4v) is 5.94. The van der Waals surface area contributed by atoms with Crippen LogP contribution in [0.4, 0.5) is 10.1 Å². The van der Waals surface area contributed by atoms with Crippen molar-refractivity contribution in [2.45, 2.75) is 32.0 Å². The molecule has 5 N–H and O–H groups in total. The zero-order valence-corrected chi connectivity index (χ0v) is 20.8. The third-order valence-electron chi connectivity index (χ3n) is 6.19. The van der Waals surface area contributed by atoms with Crippen LogP contribution in [0.2, 0.25) is 0 Å². The Labute approximate surface area is 209 Å². The molecule has 2 atom stereocenters. The first-order valence-electron chi connectivity index (χ1n) is 11.5. The summed E-state index contributed by atoms with van der Waals surface area (Å²) in [4.78, 5) is 17.3. The standard InChI is InChI=1S/C24H29FN6O4S/c1-24(2,33)22(25)13-29-23(32)18-12-28-20(8-19(18)27-10-15-5-6-36(34,35)14-15)21-4-3-17-7-16(9-26)11-30-31(17)21/h3-4,7-8,11-12,15,22,33-35H,5-6,10,13-14H2,1-2H3,(H,27,28)(H,29,32). The van der Waals surface area contributed by atoms with Crippen molar-refractivity contribution in [1.82, 2.24) is 19.9 Å². The predicted molar refractivity (Wildman–Crippen MR) is 136 cm³/mol. The number of alkyl halides is 1. The molecule has 4 rings (SSSR count). The van der Waals surface area contributed by atoms with E-state index in [4.69, 9.17) is 5.26 Å². The van der Waals surface area contributed by atoms with E-state index in [1.807, 2.05) is 0 Å². The van der Waals surface area contributed by atoms with Crippen LogP contribution in [0.15, 0.2) is 36.7 Å². The zero-order chi connectivity index (χ0) is 26.1. The van der Waals surface area contributed by atoms with Crippen molar-refractivity contribution in [1.29, 1.82) is 5.26 Å². The monoisotopic (exact) mass is 516 g/mol. The van der Waals surface area contributed by atoms with Gasteiger partial charge in [-0.2, -0.15) is 21.0 Å². The van der Waals surface area contributed by atoms with Crippen molar-refractivity contribution in [3.8, 4) is 17.5 Å². The highest BCUT2D eigenvalue weighted by atomic mass is 32.3. The van der Waals surface area contributed by atoms with Crippen molar-refractivity contribution >= 4 is 27.7 Å². The molecule has 1 saturated heterocycles. The van der Waals surface area contributed by atoms with Crippen LogP contribution in [0.5, 0.6) is 0 Å². The van der Waals surface area contributed by atoms with Crippen molar-refractivity contribution < 1.29 is 23.4 Å². The Morgan fingerprint density at radius 3 is 2.81 bits per heavy atom. The Hall–Kier alpha value is -3.24. The van der Waals surface area contributed by atoms with Crippen LogP contribution in [0.25, 0.3) is 16.9 Å². The number of amides is 1. The number of hydrogen-bond acceptors (Lipinski definition) is 8. The summed E-state index contributed by atoms with van der Waals surface area (Å²) in [6.45, 7) is 2.69. The minimum atomic E-state index is -2.56. The number of nitrogens with one attached hydrogen (secondary N) is 2. The van der Waals surface area contributed by atoms with Crippen molar-refractivity contribution in [2.75, 3.05) is 29.9 Å². The second kappa shape index (κ2) is 10.0. The fourth-order valence-electron chi connectivity index (χ4n) is 4.02. The molecule has 12 heteroatoms. The number of nitriles is 1. The third kappa shape index (κ3) is 5.76. The SMILES string of the molecule is CC(C)(O)C(F)CNC(=O)c1cnc(-c2ccc3cc(C#N)cnn23)cc1NCC1CCS(O)(O)C1. The van der Waals surface area contributed by atoms with Crippen LogP contribution in [0, 0.1) is 17.2 Å². The highest BCUT2D eigenvalue weighted by Gasteiger charge is 2.29. The maximum atomic E-state index is 14.2. The molecule has 192 valence electrons. The predicted octanol–water partition coefficient (Wildman–Crippen LogP) is 3.29. The number of fused-ring (bicyclic) bond motifs is 1. The van der Waals surface area contributed by atoms with E-state index in [9.17, 15) is 23.4 Å². The first-order valence-corrected chi connectivity index (χ1v) is 13.4. The molecular formula is C24H29FN6O4S. The lowest BCUT2D eigenvalue weighted by Crippen LogP contribution is -2.42. The van der Waals surface area contributed by atoms with Gasteiger partial charge in [-0.05, 0) is 50.5 Å². The summed E-state index contributed by atoms with van der Waals surface area (Å²) in [5, 5.41) is 29.0. The summed E-state index contributed by atoms with van der Waals surface area (Å²) in [5.74, 6) is 0.114. The molecule has 10 nitrogen and oxygen atoms in total. The van der Waals surface area contributed by atoms with Crippen LogP contribution in [0.1, 0.15) is 36.2 Å². The zero-order valence-electron chi connectivity index (χ0n) is 20.0. The number of rotatable bonds is 8. The normalized spacial score (nSPS) is 19.0. The number of carbonyl (C=O) groups is 1. The van der Waals surface area contributed by atoms with E-state index in [-0.39, 0.29) is 18.0 Å². The molecule has 0 spiro atoms. The minimum absolute atomic E-state index is 0.0214. The second-order valence-corrected chi connectivity index (χ2v) is 11.9. The molecule has 1 aliphatic heterocycles. The maximum absolute atomic E-state index is 14.2. The first kappa shape index (κ1) is 25.8. The molecule has 0 saturated carbocycles. The third-order valence-corrected chi connectivity index (χ3v) is 8.08. The van der Waals surface area contributed by atoms with E-state index >= 15 is 0 Å². The van der Waals surface area contributed by atoms with Crippen LogP contribution in [0.3, 0.4) is 0 Å². The van der Waals surface area contributed by atoms with Gasteiger partial charge in [0.15, 0.2) is 0 Å². The summed E-state index contributed by atoms with van der Waals surface area (Å²) in [7, 11) is -2.56. The summed E-state index contributed by atoms with van der Waals surface area (Å²) < 4.78 is 35.7. The molecule has 0 bridgehead atoms. The molecule has 1 aliphatic rings. The number of pyridine rings is 1. The lowest BCUT2D eigenvalue weighted by molar-refractivity contribution is -0.00177. The highest BCUT2D eigenvalue weighted by molar-refractivity contribution is 8.24. The van der Waals surface area contributed by atoms with Crippen LogP contribution < -0.4 is 10.6 Å².